The third-order valence-corrected chi connectivity index (χ3v) is 3.18. The van der Waals surface area contributed by atoms with Gasteiger partial charge in [0.1, 0.15) is 5.56 Å². The van der Waals surface area contributed by atoms with Crippen molar-refractivity contribution in [1.82, 2.24) is 0 Å². The van der Waals surface area contributed by atoms with Gasteiger partial charge in [0, 0.05) is 32.0 Å². The normalized spacial score (nSPS) is 11.2. The average Bonchev–Trinajstić information content (AvgIpc) is 2.42. The van der Waals surface area contributed by atoms with Crippen LogP contribution in [-0.4, -0.2) is 36.3 Å². The molecule has 1 aromatic rings. The predicted molar refractivity (Wildman–Crippen MR) is 78.8 cm³/mol. The quantitative estimate of drug-likeness (QED) is 0.565. The van der Waals surface area contributed by atoms with E-state index in [9.17, 15) is 14.9 Å². The minimum atomic E-state index is -1.31. The number of rotatable bonds is 8. The highest BCUT2D eigenvalue weighted by Gasteiger charge is 2.21. The van der Waals surface area contributed by atoms with E-state index in [2.05, 4.69) is 19.2 Å². The molecule has 1 aromatic carbocycles. The number of hydrogen-bond acceptors (Lipinski definition) is 5. The number of ether oxygens (including phenoxy) is 1. The van der Waals surface area contributed by atoms with Gasteiger partial charge in [-0.2, -0.15) is 0 Å². The van der Waals surface area contributed by atoms with Crippen LogP contribution in [0.2, 0.25) is 0 Å². The summed E-state index contributed by atoms with van der Waals surface area (Å²) in [6, 6.07) is 4.02. The maximum Gasteiger partial charge on any atom is 0.342 e. The molecule has 0 aliphatic rings. The van der Waals surface area contributed by atoms with Crippen molar-refractivity contribution in [2.24, 2.45) is 5.41 Å². The fourth-order valence-corrected chi connectivity index (χ4v) is 1.78. The molecule has 0 aliphatic carbocycles. The molecule has 0 heterocycles. The number of carboxylic acid groups (broad SMARTS) is 1. The van der Waals surface area contributed by atoms with Gasteiger partial charge < -0.3 is 15.2 Å². The van der Waals surface area contributed by atoms with Gasteiger partial charge in [-0.3, -0.25) is 10.1 Å². The molecule has 2 N–H and O–H groups in total. The second-order valence-electron chi connectivity index (χ2n) is 5.55. The number of benzene rings is 1. The van der Waals surface area contributed by atoms with E-state index < -0.39 is 16.6 Å². The van der Waals surface area contributed by atoms with Crippen molar-refractivity contribution in [3.05, 3.63) is 33.9 Å². The summed E-state index contributed by atoms with van der Waals surface area (Å²) in [7, 11) is 1.64. The van der Waals surface area contributed by atoms with Crippen molar-refractivity contribution in [3.63, 3.8) is 0 Å². The van der Waals surface area contributed by atoms with E-state index in [-0.39, 0.29) is 11.0 Å². The van der Waals surface area contributed by atoms with E-state index in [1.807, 2.05) is 0 Å². The predicted octanol–water partition coefficient (Wildman–Crippen LogP) is 2.77. The first-order valence-electron chi connectivity index (χ1n) is 6.51. The monoisotopic (exact) mass is 296 g/mol. The zero-order chi connectivity index (χ0) is 16.0. The van der Waals surface area contributed by atoms with Crippen molar-refractivity contribution in [3.8, 4) is 0 Å². The van der Waals surface area contributed by atoms with Crippen LogP contribution in [-0.2, 0) is 4.74 Å². The lowest BCUT2D eigenvalue weighted by molar-refractivity contribution is -0.385. The summed E-state index contributed by atoms with van der Waals surface area (Å²) in [6.45, 7) is 5.34. The number of nitro benzene ring substituents is 1. The van der Waals surface area contributed by atoms with Crippen LogP contribution in [0.4, 0.5) is 11.4 Å². The average molecular weight is 296 g/mol. The van der Waals surface area contributed by atoms with Gasteiger partial charge in [-0.15, -0.1) is 0 Å². The van der Waals surface area contributed by atoms with Gasteiger partial charge in [0.15, 0.2) is 0 Å². The number of carboxylic acids is 1. The fraction of sp³-hybridized carbons (Fsp3) is 0.500. The van der Waals surface area contributed by atoms with Gasteiger partial charge in [-0.25, -0.2) is 4.79 Å². The smallest absolute Gasteiger partial charge is 0.342 e. The number of nitrogens with zero attached hydrogens (tertiary/aromatic N) is 1. The summed E-state index contributed by atoms with van der Waals surface area (Å²) in [4.78, 5) is 21.2. The standard InChI is InChI=1S/C14H20N2O5/c1-14(2,6-7-21-3)9-15-10-4-5-11(13(17)18)12(8-10)16(19)20/h4-5,8,15H,6-7,9H2,1-3H3,(H,17,18). The first-order valence-corrected chi connectivity index (χ1v) is 6.51. The van der Waals surface area contributed by atoms with E-state index in [1.54, 1.807) is 7.11 Å². The number of carbonyl (C=O) groups is 1. The third-order valence-electron chi connectivity index (χ3n) is 3.18. The molecule has 116 valence electrons. The molecule has 0 aliphatic heterocycles. The van der Waals surface area contributed by atoms with E-state index in [4.69, 9.17) is 9.84 Å². The Balaban J connectivity index is 2.83. The van der Waals surface area contributed by atoms with Gasteiger partial charge in [-0.05, 0) is 24.0 Å². The largest absolute Gasteiger partial charge is 0.477 e. The molecule has 0 bridgehead atoms. The highest BCUT2D eigenvalue weighted by atomic mass is 16.6. The summed E-state index contributed by atoms with van der Waals surface area (Å²) in [5.74, 6) is -1.31. The van der Waals surface area contributed by atoms with Crippen molar-refractivity contribution in [1.29, 1.82) is 0 Å². The zero-order valence-corrected chi connectivity index (χ0v) is 12.4. The van der Waals surface area contributed by atoms with Crippen LogP contribution in [0, 0.1) is 15.5 Å². The number of anilines is 1. The molecular formula is C14H20N2O5. The molecule has 0 amide bonds. The van der Waals surface area contributed by atoms with Crippen LogP contribution in [0.1, 0.15) is 30.6 Å². The lowest BCUT2D eigenvalue weighted by Gasteiger charge is -2.25. The molecule has 0 unspecified atom stereocenters. The molecule has 21 heavy (non-hydrogen) atoms. The van der Waals surface area contributed by atoms with Gasteiger partial charge in [-0.1, -0.05) is 13.8 Å². The Bertz CT molecular complexity index is 528. The van der Waals surface area contributed by atoms with Crippen LogP contribution in [0.15, 0.2) is 18.2 Å². The van der Waals surface area contributed by atoms with Gasteiger partial charge >= 0.3 is 5.97 Å². The summed E-state index contributed by atoms with van der Waals surface area (Å²) < 4.78 is 5.04. The lowest BCUT2D eigenvalue weighted by atomic mass is 9.89. The summed E-state index contributed by atoms with van der Waals surface area (Å²) >= 11 is 0. The molecule has 1 rings (SSSR count). The zero-order valence-electron chi connectivity index (χ0n) is 12.4. The second-order valence-corrected chi connectivity index (χ2v) is 5.55. The third kappa shape index (κ3) is 5.03. The van der Waals surface area contributed by atoms with E-state index >= 15 is 0 Å². The number of methoxy groups -OCH3 is 1. The van der Waals surface area contributed by atoms with Gasteiger partial charge in [0.05, 0.1) is 4.92 Å². The Morgan fingerprint density at radius 1 is 1.48 bits per heavy atom. The SMILES string of the molecule is COCCC(C)(C)CNc1ccc(C(=O)O)c([N+](=O)[O-])c1. The van der Waals surface area contributed by atoms with Crippen molar-refractivity contribution < 1.29 is 19.6 Å². The maximum atomic E-state index is 10.9. The minimum Gasteiger partial charge on any atom is -0.477 e. The molecule has 0 aromatic heterocycles. The van der Waals surface area contributed by atoms with Crippen LogP contribution in [0.25, 0.3) is 0 Å². The molecule has 0 atom stereocenters. The lowest BCUT2D eigenvalue weighted by Crippen LogP contribution is -2.24. The molecular weight excluding hydrogens is 276 g/mol. The van der Waals surface area contributed by atoms with E-state index in [0.29, 0.717) is 18.8 Å². The maximum absolute atomic E-state index is 10.9. The molecule has 0 spiro atoms. The number of nitro groups is 1. The van der Waals surface area contributed by atoms with Crippen LogP contribution < -0.4 is 5.32 Å². The number of aromatic carboxylic acids is 1. The topological polar surface area (TPSA) is 102 Å². The summed E-state index contributed by atoms with van der Waals surface area (Å²) in [5.41, 5.74) is -0.250. The van der Waals surface area contributed by atoms with Crippen LogP contribution in [0.5, 0.6) is 0 Å². The Labute approximate surface area is 123 Å². The van der Waals surface area contributed by atoms with Gasteiger partial charge in [0.2, 0.25) is 0 Å². The van der Waals surface area contributed by atoms with Crippen LogP contribution >= 0.6 is 0 Å². The summed E-state index contributed by atoms with van der Waals surface area (Å²) in [5, 5.41) is 22.9. The van der Waals surface area contributed by atoms with Crippen molar-refractivity contribution in [2.45, 2.75) is 20.3 Å². The highest BCUT2D eigenvalue weighted by molar-refractivity contribution is 5.93. The molecule has 7 nitrogen and oxygen atoms in total. The molecule has 7 heteroatoms. The fourth-order valence-electron chi connectivity index (χ4n) is 1.78. The second kappa shape index (κ2) is 7.03. The number of nitrogens with one attached hydrogen (secondary N) is 1. The first-order chi connectivity index (χ1) is 9.76. The minimum absolute atomic E-state index is 0.0454. The Hall–Kier alpha value is -2.15. The Kier molecular flexibility index (Phi) is 5.66. The Morgan fingerprint density at radius 3 is 2.67 bits per heavy atom. The van der Waals surface area contributed by atoms with Crippen molar-refractivity contribution in [2.75, 3.05) is 25.6 Å². The first kappa shape index (κ1) is 16.9. The molecule has 0 saturated heterocycles. The van der Waals surface area contributed by atoms with Crippen molar-refractivity contribution >= 4 is 17.3 Å². The Morgan fingerprint density at radius 2 is 2.14 bits per heavy atom. The summed E-state index contributed by atoms with van der Waals surface area (Å²) in [6.07, 6.45) is 0.839. The van der Waals surface area contributed by atoms with E-state index in [1.165, 1.54) is 18.2 Å². The molecule has 0 radical (unpaired) electrons. The molecule has 0 saturated carbocycles. The highest BCUT2D eigenvalue weighted by Crippen LogP contribution is 2.26. The molecule has 0 fully saturated rings. The number of hydrogen-bond donors (Lipinski definition) is 2. The van der Waals surface area contributed by atoms with Crippen LogP contribution in [0.3, 0.4) is 0 Å². The van der Waals surface area contributed by atoms with E-state index in [0.717, 1.165) is 6.42 Å². The van der Waals surface area contributed by atoms with Gasteiger partial charge in [0.25, 0.3) is 5.69 Å².